The Bertz CT molecular complexity index is 797. The number of ether oxygens (including phenoxy) is 1. The third-order valence-electron chi connectivity index (χ3n) is 3.56. The summed E-state index contributed by atoms with van der Waals surface area (Å²) >= 11 is 5.77. The molecule has 106 valence electrons. The monoisotopic (exact) mass is 300 g/mol. The van der Waals surface area contributed by atoms with E-state index in [1.54, 1.807) is 6.07 Å². The first-order chi connectivity index (χ1) is 10.3. The van der Waals surface area contributed by atoms with Gasteiger partial charge in [0.1, 0.15) is 18.0 Å². The maximum atomic E-state index is 5.77. The lowest BCUT2D eigenvalue weighted by Crippen LogP contribution is -1.96. The van der Waals surface area contributed by atoms with Crippen molar-refractivity contribution in [3.05, 3.63) is 53.2 Å². The maximum Gasteiger partial charge on any atom is 0.155 e. The van der Waals surface area contributed by atoms with Crippen molar-refractivity contribution in [2.45, 2.75) is 25.4 Å². The lowest BCUT2D eigenvalue weighted by molar-refractivity contribution is 0.300. The summed E-state index contributed by atoms with van der Waals surface area (Å²) in [6, 6.07) is 5.86. The zero-order valence-electron chi connectivity index (χ0n) is 11.2. The van der Waals surface area contributed by atoms with Gasteiger partial charge in [0.25, 0.3) is 0 Å². The number of halogens is 1. The highest BCUT2D eigenvalue weighted by atomic mass is 35.5. The van der Waals surface area contributed by atoms with E-state index >= 15 is 0 Å². The van der Waals surface area contributed by atoms with E-state index < -0.39 is 0 Å². The number of hydrogen-bond acceptors (Lipinski definition) is 4. The second-order valence-corrected chi connectivity index (χ2v) is 5.62. The molecule has 1 aliphatic carbocycles. The van der Waals surface area contributed by atoms with Crippen LogP contribution in [0, 0.1) is 0 Å². The van der Waals surface area contributed by atoms with Crippen LogP contribution in [0.4, 0.5) is 0 Å². The molecule has 0 unspecified atom stereocenters. The van der Waals surface area contributed by atoms with Gasteiger partial charge >= 0.3 is 0 Å². The van der Waals surface area contributed by atoms with Crippen LogP contribution in [0.5, 0.6) is 5.75 Å². The first-order valence-electron chi connectivity index (χ1n) is 6.86. The van der Waals surface area contributed by atoms with Crippen molar-refractivity contribution in [2.24, 2.45) is 0 Å². The van der Waals surface area contributed by atoms with Gasteiger partial charge in [-0.2, -0.15) is 5.10 Å². The molecule has 0 aromatic carbocycles. The van der Waals surface area contributed by atoms with E-state index in [0.29, 0.717) is 17.5 Å². The van der Waals surface area contributed by atoms with Crippen molar-refractivity contribution in [1.82, 2.24) is 19.6 Å². The van der Waals surface area contributed by atoms with Crippen molar-refractivity contribution in [1.29, 1.82) is 0 Å². The third kappa shape index (κ3) is 2.69. The molecule has 1 aliphatic rings. The normalized spacial score (nSPS) is 14.5. The topological polar surface area (TPSA) is 52.3 Å². The largest absolute Gasteiger partial charge is 0.485 e. The zero-order valence-corrected chi connectivity index (χ0v) is 12.0. The van der Waals surface area contributed by atoms with E-state index in [2.05, 4.69) is 37.9 Å². The molecular formula is C15H13ClN4O. The van der Waals surface area contributed by atoms with Crippen LogP contribution in [0.3, 0.4) is 0 Å². The zero-order chi connectivity index (χ0) is 14.2. The van der Waals surface area contributed by atoms with Gasteiger partial charge < -0.3 is 9.14 Å². The van der Waals surface area contributed by atoms with Crippen molar-refractivity contribution in [2.75, 3.05) is 0 Å². The minimum atomic E-state index is 0.316. The highest BCUT2D eigenvalue weighted by Crippen LogP contribution is 2.39. The molecule has 0 spiro atoms. The van der Waals surface area contributed by atoms with Crippen LogP contribution in [0.2, 0.25) is 5.15 Å². The molecule has 21 heavy (non-hydrogen) atoms. The standard InChI is InChI=1S/C15H13ClN4O/c16-14-5-13(6-17-19-14)21-9-12-8-20-7-11(10-1-2-10)3-4-15(20)18-12/h3-8,10H,1-2,9H2. The Morgan fingerprint density at radius 2 is 2.19 bits per heavy atom. The number of nitrogens with zero attached hydrogens (tertiary/aromatic N) is 4. The van der Waals surface area contributed by atoms with Crippen LogP contribution in [0.1, 0.15) is 30.0 Å². The van der Waals surface area contributed by atoms with Gasteiger partial charge in [-0.05, 0) is 30.4 Å². The van der Waals surface area contributed by atoms with Crippen LogP contribution in [-0.4, -0.2) is 19.6 Å². The Hall–Kier alpha value is -2.14. The fraction of sp³-hybridized carbons (Fsp3) is 0.267. The minimum absolute atomic E-state index is 0.316. The number of imidazole rings is 1. The van der Waals surface area contributed by atoms with E-state index in [4.69, 9.17) is 16.3 Å². The van der Waals surface area contributed by atoms with Gasteiger partial charge in [0, 0.05) is 18.5 Å². The van der Waals surface area contributed by atoms with Gasteiger partial charge in [-0.1, -0.05) is 17.7 Å². The highest BCUT2D eigenvalue weighted by Gasteiger charge is 2.23. The molecule has 0 aliphatic heterocycles. The summed E-state index contributed by atoms with van der Waals surface area (Å²) in [5.74, 6) is 1.33. The molecule has 3 aromatic rings. The first kappa shape index (κ1) is 12.6. The fourth-order valence-electron chi connectivity index (χ4n) is 2.35. The van der Waals surface area contributed by atoms with E-state index in [1.165, 1.54) is 24.6 Å². The average Bonchev–Trinajstić information content (AvgIpc) is 3.25. The number of pyridine rings is 1. The van der Waals surface area contributed by atoms with Gasteiger partial charge in [-0.25, -0.2) is 4.98 Å². The third-order valence-corrected chi connectivity index (χ3v) is 3.74. The predicted molar refractivity (Wildman–Crippen MR) is 78.5 cm³/mol. The SMILES string of the molecule is Clc1cc(OCc2cn3cc(C4CC4)ccc3n2)cnn1. The van der Waals surface area contributed by atoms with Crippen molar-refractivity contribution in [3.63, 3.8) is 0 Å². The minimum Gasteiger partial charge on any atom is -0.485 e. The van der Waals surface area contributed by atoms with Crippen molar-refractivity contribution < 1.29 is 4.74 Å². The summed E-state index contributed by atoms with van der Waals surface area (Å²) in [4.78, 5) is 4.54. The summed E-state index contributed by atoms with van der Waals surface area (Å²) in [6.07, 6.45) is 8.29. The Morgan fingerprint density at radius 3 is 3.00 bits per heavy atom. The van der Waals surface area contributed by atoms with E-state index in [1.807, 2.05) is 6.20 Å². The Balaban J connectivity index is 1.53. The van der Waals surface area contributed by atoms with E-state index in [-0.39, 0.29) is 0 Å². The predicted octanol–water partition coefficient (Wildman–Crippen LogP) is 3.23. The quantitative estimate of drug-likeness (QED) is 0.742. The summed E-state index contributed by atoms with van der Waals surface area (Å²) < 4.78 is 7.69. The van der Waals surface area contributed by atoms with Crippen molar-refractivity contribution in [3.8, 4) is 5.75 Å². The van der Waals surface area contributed by atoms with Crippen LogP contribution < -0.4 is 4.74 Å². The molecule has 0 N–H and O–H groups in total. The molecule has 1 fully saturated rings. The smallest absolute Gasteiger partial charge is 0.155 e. The molecule has 5 nitrogen and oxygen atoms in total. The number of rotatable bonds is 4. The van der Waals surface area contributed by atoms with Crippen LogP contribution in [0.15, 0.2) is 36.8 Å². The van der Waals surface area contributed by atoms with E-state index in [0.717, 1.165) is 17.3 Å². The second-order valence-electron chi connectivity index (χ2n) is 5.24. The summed E-state index contributed by atoms with van der Waals surface area (Å²) in [6.45, 7) is 0.377. The van der Waals surface area contributed by atoms with Crippen LogP contribution >= 0.6 is 11.6 Å². The van der Waals surface area contributed by atoms with Gasteiger partial charge in [0.05, 0.1) is 11.9 Å². The van der Waals surface area contributed by atoms with E-state index in [9.17, 15) is 0 Å². The van der Waals surface area contributed by atoms with Crippen LogP contribution in [0.25, 0.3) is 5.65 Å². The Labute approximate surface area is 126 Å². The summed E-state index contributed by atoms with van der Waals surface area (Å²) in [5, 5.41) is 7.74. The molecular weight excluding hydrogens is 288 g/mol. The maximum absolute atomic E-state index is 5.77. The fourth-order valence-corrected chi connectivity index (χ4v) is 2.50. The molecule has 4 rings (SSSR count). The molecule has 6 heteroatoms. The molecule has 3 heterocycles. The molecule has 0 atom stereocenters. The molecule has 0 amide bonds. The molecule has 0 radical (unpaired) electrons. The number of hydrogen-bond donors (Lipinski definition) is 0. The lowest BCUT2D eigenvalue weighted by atomic mass is 10.2. The van der Waals surface area contributed by atoms with Crippen molar-refractivity contribution >= 4 is 17.2 Å². The lowest BCUT2D eigenvalue weighted by Gasteiger charge is -2.02. The molecule has 1 saturated carbocycles. The van der Waals surface area contributed by atoms with Gasteiger partial charge in [0.2, 0.25) is 0 Å². The number of aromatic nitrogens is 4. The summed E-state index contributed by atoms with van der Waals surface area (Å²) in [5.41, 5.74) is 3.19. The first-order valence-corrected chi connectivity index (χ1v) is 7.24. The van der Waals surface area contributed by atoms with Gasteiger partial charge in [-0.3, -0.25) is 0 Å². The summed E-state index contributed by atoms with van der Waals surface area (Å²) in [7, 11) is 0. The highest BCUT2D eigenvalue weighted by molar-refractivity contribution is 6.29. The number of fused-ring (bicyclic) bond motifs is 1. The van der Waals surface area contributed by atoms with Gasteiger partial charge in [-0.15, -0.1) is 5.10 Å². The van der Waals surface area contributed by atoms with Gasteiger partial charge in [0.15, 0.2) is 5.15 Å². The van der Waals surface area contributed by atoms with Crippen LogP contribution in [-0.2, 0) is 6.61 Å². The Kier molecular flexibility index (Phi) is 3.00. The molecule has 0 saturated heterocycles. The Morgan fingerprint density at radius 1 is 1.29 bits per heavy atom. The second kappa shape index (κ2) is 5.00. The molecule has 3 aromatic heterocycles. The molecule has 0 bridgehead atoms. The average molecular weight is 301 g/mol.